The van der Waals surface area contributed by atoms with Gasteiger partial charge in [0.25, 0.3) is 0 Å². The summed E-state index contributed by atoms with van der Waals surface area (Å²) in [6.45, 7) is 2.56. The van der Waals surface area contributed by atoms with Crippen molar-refractivity contribution in [3.05, 3.63) is 24.3 Å². The van der Waals surface area contributed by atoms with Gasteiger partial charge in [0.1, 0.15) is 5.75 Å². The lowest BCUT2D eigenvalue weighted by molar-refractivity contribution is 0.413. The minimum Gasteiger partial charge on any atom is -0.495 e. The van der Waals surface area contributed by atoms with Gasteiger partial charge < -0.3 is 10.1 Å². The summed E-state index contributed by atoms with van der Waals surface area (Å²) in [4.78, 5) is 0. The second-order valence-electron chi connectivity index (χ2n) is 4.65. The average molecular weight is 299 g/mol. The Morgan fingerprint density at radius 2 is 2.00 bits per heavy atom. The van der Waals surface area contributed by atoms with Crippen molar-refractivity contribution in [3.63, 3.8) is 0 Å². The molecule has 7 heteroatoms. The van der Waals surface area contributed by atoms with Crippen molar-refractivity contribution >= 4 is 15.9 Å². The molecule has 2 rings (SSSR count). The number of benzene rings is 1. The molecule has 6 nitrogen and oxygen atoms in total. The highest BCUT2D eigenvalue weighted by molar-refractivity contribution is 7.90. The molecule has 0 bridgehead atoms. The maximum atomic E-state index is 12.7. The molecular formula is C13H21N3O3S. The standard InChI is InChI=1S/C13H21N3O3S/c1-15(12-6-3-4-7-13(12)19-2)20(17,18)16-10-5-8-14-9-11-16/h3-4,6-7,14H,5,8-11H2,1-2H3. The van der Waals surface area contributed by atoms with Gasteiger partial charge in [-0.05, 0) is 25.1 Å². The molecular weight excluding hydrogens is 278 g/mol. The molecule has 0 aliphatic carbocycles. The second-order valence-corrected chi connectivity index (χ2v) is 6.61. The van der Waals surface area contributed by atoms with Gasteiger partial charge >= 0.3 is 10.2 Å². The molecule has 1 aliphatic heterocycles. The monoisotopic (exact) mass is 299 g/mol. The van der Waals surface area contributed by atoms with Crippen LogP contribution in [0, 0.1) is 0 Å². The smallest absolute Gasteiger partial charge is 0.303 e. The molecule has 20 heavy (non-hydrogen) atoms. The minimum absolute atomic E-state index is 0.488. The molecule has 1 aromatic carbocycles. The number of methoxy groups -OCH3 is 1. The summed E-state index contributed by atoms with van der Waals surface area (Å²) in [5.41, 5.74) is 0.548. The van der Waals surface area contributed by atoms with Gasteiger partial charge in [0, 0.05) is 26.7 Å². The molecule has 1 saturated heterocycles. The quantitative estimate of drug-likeness (QED) is 0.888. The summed E-state index contributed by atoms with van der Waals surface area (Å²) in [7, 11) is -0.426. The first kappa shape index (κ1) is 15.1. The van der Waals surface area contributed by atoms with Crippen LogP contribution in [0.1, 0.15) is 6.42 Å². The van der Waals surface area contributed by atoms with E-state index in [-0.39, 0.29) is 0 Å². The topological polar surface area (TPSA) is 61.9 Å². The molecule has 0 aromatic heterocycles. The van der Waals surface area contributed by atoms with E-state index in [0.717, 1.165) is 13.0 Å². The van der Waals surface area contributed by atoms with Gasteiger partial charge in [0.15, 0.2) is 0 Å². The summed E-state index contributed by atoms with van der Waals surface area (Å²) in [6.07, 6.45) is 0.818. The number of anilines is 1. The molecule has 1 aliphatic rings. The third-order valence-electron chi connectivity index (χ3n) is 3.40. The first-order valence-electron chi connectivity index (χ1n) is 6.65. The van der Waals surface area contributed by atoms with Gasteiger partial charge in [-0.25, -0.2) is 0 Å². The van der Waals surface area contributed by atoms with Crippen LogP contribution in [0.15, 0.2) is 24.3 Å². The van der Waals surface area contributed by atoms with E-state index in [9.17, 15) is 8.42 Å². The van der Waals surface area contributed by atoms with Crippen LogP contribution in [-0.2, 0) is 10.2 Å². The zero-order chi connectivity index (χ0) is 14.6. The predicted octanol–water partition coefficient (Wildman–Crippen LogP) is 0.671. The van der Waals surface area contributed by atoms with Crippen LogP contribution in [-0.4, -0.2) is 53.1 Å². The highest BCUT2D eigenvalue weighted by atomic mass is 32.2. The molecule has 1 N–H and O–H groups in total. The summed E-state index contributed by atoms with van der Waals surface area (Å²) in [6, 6.07) is 7.12. The fraction of sp³-hybridized carbons (Fsp3) is 0.538. The fourth-order valence-electron chi connectivity index (χ4n) is 2.24. The Balaban J connectivity index is 2.28. The third kappa shape index (κ3) is 3.05. The van der Waals surface area contributed by atoms with E-state index in [1.807, 2.05) is 6.07 Å². The molecule has 0 saturated carbocycles. The van der Waals surface area contributed by atoms with E-state index < -0.39 is 10.2 Å². The number of nitrogens with zero attached hydrogens (tertiary/aromatic N) is 2. The number of para-hydroxylation sites is 2. The summed E-state index contributed by atoms with van der Waals surface area (Å²) in [5.74, 6) is 0.548. The SMILES string of the molecule is COc1ccccc1N(C)S(=O)(=O)N1CCCNCC1. The molecule has 0 spiro atoms. The molecule has 0 radical (unpaired) electrons. The van der Waals surface area contributed by atoms with E-state index in [2.05, 4.69) is 5.32 Å². The Morgan fingerprint density at radius 1 is 1.25 bits per heavy atom. The number of ether oxygens (including phenoxy) is 1. The van der Waals surface area contributed by atoms with Gasteiger partial charge in [-0.3, -0.25) is 4.31 Å². The molecule has 0 unspecified atom stereocenters. The Morgan fingerprint density at radius 3 is 2.75 bits per heavy atom. The van der Waals surface area contributed by atoms with Crippen LogP contribution in [0.4, 0.5) is 5.69 Å². The Bertz CT molecular complexity index is 540. The van der Waals surface area contributed by atoms with Crippen molar-refractivity contribution in [2.75, 3.05) is 44.6 Å². The summed E-state index contributed by atoms with van der Waals surface area (Å²) < 4.78 is 33.4. The Kier molecular flexibility index (Phi) is 4.85. The van der Waals surface area contributed by atoms with Crippen LogP contribution in [0.2, 0.25) is 0 Å². The van der Waals surface area contributed by atoms with Gasteiger partial charge in [0.2, 0.25) is 0 Å². The van der Waals surface area contributed by atoms with Gasteiger partial charge in [-0.1, -0.05) is 12.1 Å². The highest BCUT2D eigenvalue weighted by Gasteiger charge is 2.29. The van der Waals surface area contributed by atoms with Crippen LogP contribution < -0.4 is 14.4 Å². The van der Waals surface area contributed by atoms with Crippen LogP contribution in [0.25, 0.3) is 0 Å². The molecule has 1 fully saturated rings. The van der Waals surface area contributed by atoms with Gasteiger partial charge in [-0.15, -0.1) is 0 Å². The van der Waals surface area contributed by atoms with Crippen molar-refractivity contribution in [2.24, 2.45) is 0 Å². The van der Waals surface area contributed by atoms with Crippen molar-refractivity contribution < 1.29 is 13.2 Å². The van der Waals surface area contributed by atoms with Gasteiger partial charge in [-0.2, -0.15) is 12.7 Å². The third-order valence-corrected chi connectivity index (χ3v) is 5.30. The van der Waals surface area contributed by atoms with E-state index in [0.29, 0.717) is 31.1 Å². The summed E-state index contributed by atoms with van der Waals surface area (Å²) in [5, 5.41) is 3.20. The maximum Gasteiger partial charge on any atom is 0.303 e. The maximum absolute atomic E-state index is 12.7. The van der Waals surface area contributed by atoms with Gasteiger partial charge in [0.05, 0.1) is 12.8 Å². The first-order chi connectivity index (χ1) is 9.57. The minimum atomic E-state index is -3.52. The lowest BCUT2D eigenvalue weighted by Gasteiger charge is -2.28. The normalized spacial score (nSPS) is 17.5. The van der Waals surface area contributed by atoms with Crippen molar-refractivity contribution in [2.45, 2.75) is 6.42 Å². The first-order valence-corrected chi connectivity index (χ1v) is 8.05. The van der Waals surface area contributed by atoms with E-state index in [1.54, 1.807) is 25.2 Å². The van der Waals surface area contributed by atoms with Crippen molar-refractivity contribution in [1.29, 1.82) is 0 Å². The number of nitrogens with one attached hydrogen (secondary N) is 1. The highest BCUT2D eigenvalue weighted by Crippen LogP contribution is 2.29. The largest absolute Gasteiger partial charge is 0.495 e. The number of hydrogen-bond donors (Lipinski definition) is 1. The fourth-order valence-corrected chi connectivity index (χ4v) is 3.67. The van der Waals surface area contributed by atoms with E-state index in [4.69, 9.17) is 4.74 Å². The van der Waals surface area contributed by atoms with Crippen LogP contribution in [0.3, 0.4) is 0 Å². The molecule has 0 amide bonds. The van der Waals surface area contributed by atoms with Crippen LogP contribution in [0.5, 0.6) is 5.75 Å². The lowest BCUT2D eigenvalue weighted by Crippen LogP contribution is -2.43. The molecule has 1 aromatic rings. The Labute approximate surface area is 120 Å². The molecule has 1 heterocycles. The number of rotatable bonds is 4. The predicted molar refractivity (Wildman–Crippen MR) is 79.4 cm³/mol. The van der Waals surface area contributed by atoms with Crippen LogP contribution >= 0.6 is 0 Å². The van der Waals surface area contributed by atoms with E-state index in [1.165, 1.54) is 15.7 Å². The van der Waals surface area contributed by atoms with E-state index >= 15 is 0 Å². The van der Waals surface area contributed by atoms with Crippen molar-refractivity contribution in [1.82, 2.24) is 9.62 Å². The lowest BCUT2D eigenvalue weighted by atomic mass is 10.3. The summed E-state index contributed by atoms with van der Waals surface area (Å²) >= 11 is 0. The zero-order valence-corrected chi connectivity index (χ0v) is 12.7. The number of hydrogen-bond acceptors (Lipinski definition) is 4. The van der Waals surface area contributed by atoms with Crippen molar-refractivity contribution in [3.8, 4) is 5.75 Å². The Hall–Kier alpha value is -1.31. The molecule has 112 valence electrons. The zero-order valence-electron chi connectivity index (χ0n) is 11.9. The molecule has 0 atom stereocenters. The average Bonchev–Trinajstić information content (AvgIpc) is 2.76. The second kappa shape index (κ2) is 6.43.